The third-order valence-electron chi connectivity index (χ3n) is 2.29. The predicted octanol–water partition coefficient (Wildman–Crippen LogP) is 0.339. The number of aromatic nitrogens is 3. The molecule has 0 aliphatic rings. The smallest absolute Gasteiger partial charge is 0.140 e. The molecule has 0 spiro atoms. The highest BCUT2D eigenvalue weighted by Crippen LogP contribution is 1.99. The van der Waals surface area contributed by atoms with E-state index < -0.39 is 0 Å². The van der Waals surface area contributed by atoms with Crippen LogP contribution < -0.4 is 5.32 Å². The van der Waals surface area contributed by atoms with E-state index in [0.29, 0.717) is 0 Å². The molecule has 0 radical (unpaired) electrons. The first kappa shape index (κ1) is 12.1. The van der Waals surface area contributed by atoms with Crippen molar-refractivity contribution in [3.63, 3.8) is 0 Å². The molecule has 1 aromatic heterocycles. The molecule has 0 aliphatic carbocycles. The van der Waals surface area contributed by atoms with Crippen LogP contribution in [0, 0.1) is 0 Å². The quantitative estimate of drug-likeness (QED) is 0.706. The van der Waals surface area contributed by atoms with Crippen LogP contribution in [0.1, 0.15) is 19.2 Å². The Morgan fingerprint density at radius 2 is 2.33 bits per heavy atom. The molecule has 1 N–H and O–H groups in total. The average Bonchev–Trinajstić information content (AvgIpc) is 2.63. The zero-order valence-electron chi connectivity index (χ0n) is 9.90. The number of nitrogens with zero attached hydrogens (tertiary/aromatic N) is 4. The van der Waals surface area contributed by atoms with Crippen LogP contribution in [-0.2, 0) is 13.1 Å². The summed E-state index contributed by atoms with van der Waals surface area (Å²) in [5.41, 5.74) is 0. The second-order valence-electron chi connectivity index (χ2n) is 3.74. The molecule has 0 amide bonds. The average molecular weight is 211 g/mol. The number of likely N-dealkylation sites (N-methyl/N-ethyl adjacent to an activating group) is 2. The van der Waals surface area contributed by atoms with Crippen molar-refractivity contribution in [1.29, 1.82) is 0 Å². The van der Waals surface area contributed by atoms with Crippen molar-refractivity contribution in [1.82, 2.24) is 25.0 Å². The van der Waals surface area contributed by atoms with Crippen molar-refractivity contribution in [3.05, 3.63) is 12.2 Å². The van der Waals surface area contributed by atoms with E-state index >= 15 is 0 Å². The number of hydrogen-bond acceptors (Lipinski definition) is 4. The van der Waals surface area contributed by atoms with Crippen molar-refractivity contribution < 1.29 is 0 Å². The number of hydrogen-bond donors (Lipinski definition) is 1. The Bertz CT molecular complexity index is 271. The molecule has 1 heterocycles. The van der Waals surface area contributed by atoms with Crippen molar-refractivity contribution in [3.8, 4) is 0 Å². The molecule has 5 heteroatoms. The molecule has 0 atom stereocenters. The highest BCUT2D eigenvalue weighted by molar-refractivity contribution is 4.84. The van der Waals surface area contributed by atoms with Crippen molar-refractivity contribution in [2.45, 2.75) is 26.4 Å². The molecule has 0 aliphatic heterocycles. The molecule has 1 aromatic rings. The molecule has 0 bridgehead atoms. The number of aryl methyl sites for hydroxylation is 1. The normalized spacial score (nSPS) is 11.2. The molecule has 0 aromatic carbocycles. The fourth-order valence-corrected chi connectivity index (χ4v) is 1.43. The molecule has 1 rings (SSSR count). The first-order valence-electron chi connectivity index (χ1n) is 5.47. The summed E-state index contributed by atoms with van der Waals surface area (Å²) >= 11 is 0. The van der Waals surface area contributed by atoms with Gasteiger partial charge in [-0.3, -0.25) is 4.90 Å². The van der Waals surface area contributed by atoms with Crippen LogP contribution in [0.2, 0.25) is 0 Å². The van der Waals surface area contributed by atoms with Gasteiger partial charge in [-0.1, -0.05) is 6.92 Å². The Hall–Kier alpha value is -0.940. The summed E-state index contributed by atoms with van der Waals surface area (Å²) in [6.45, 7) is 5.99. The molecule has 15 heavy (non-hydrogen) atoms. The maximum absolute atomic E-state index is 4.27. The predicted molar refractivity (Wildman–Crippen MR) is 60.6 cm³/mol. The lowest BCUT2D eigenvalue weighted by atomic mass is 10.4. The zero-order valence-corrected chi connectivity index (χ0v) is 9.90. The topological polar surface area (TPSA) is 46.0 Å². The molecule has 0 saturated carbocycles. The Morgan fingerprint density at radius 1 is 1.53 bits per heavy atom. The summed E-state index contributed by atoms with van der Waals surface area (Å²) in [4.78, 5) is 6.52. The van der Waals surface area contributed by atoms with Crippen LogP contribution in [-0.4, -0.2) is 46.8 Å². The van der Waals surface area contributed by atoms with Gasteiger partial charge < -0.3 is 5.32 Å². The SMILES string of the molecule is CCCn1ncnc1CN(C)CCNC. The van der Waals surface area contributed by atoms with Gasteiger partial charge in [0, 0.05) is 19.6 Å². The van der Waals surface area contributed by atoms with Crippen LogP contribution in [0.5, 0.6) is 0 Å². The maximum Gasteiger partial charge on any atom is 0.140 e. The third kappa shape index (κ3) is 3.97. The van der Waals surface area contributed by atoms with E-state index in [0.717, 1.165) is 38.4 Å². The summed E-state index contributed by atoms with van der Waals surface area (Å²) in [7, 11) is 4.07. The third-order valence-corrected chi connectivity index (χ3v) is 2.29. The summed E-state index contributed by atoms with van der Waals surface area (Å²) in [5.74, 6) is 1.05. The van der Waals surface area contributed by atoms with Gasteiger partial charge in [-0.15, -0.1) is 0 Å². The van der Waals surface area contributed by atoms with Gasteiger partial charge in [-0.25, -0.2) is 9.67 Å². The van der Waals surface area contributed by atoms with Gasteiger partial charge in [-0.05, 0) is 20.5 Å². The zero-order chi connectivity index (χ0) is 11.1. The van der Waals surface area contributed by atoms with E-state index in [1.54, 1.807) is 6.33 Å². The van der Waals surface area contributed by atoms with E-state index in [1.807, 2.05) is 11.7 Å². The first-order chi connectivity index (χ1) is 7.27. The van der Waals surface area contributed by atoms with Gasteiger partial charge in [-0.2, -0.15) is 5.10 Å². The summed E-state index contributed by atoms with van der Waals surface area (Å²) < 4.78 is 1.98. The van der Waals surface area contributed by atoms with E-state index in [-0.39, 0.29) is 0 Å². The molecular weight excluding hydrogens is 190 g/mol. The van der Waals surface area contributed by atoms with E-state index in [9.17, 15) is 0 Å². The fourth-order valence-electron chi connectivity index (χ4n) is 1.43. The molecule has 0 fully saturated rings. The lowest BCUT2D eigenvalue weighted by Crippen LogP contribution is -2.28. The van der Waals surface area contributed by atoms with Crippen molar-refractivity contribution in [2.75, 3.05) is 27.2 Å². The Morgan fingerprint density at radius 3 is 3.00 bits per heavy atom. The van der Waals surface area contributed by atoms with Crippen LogP contribution in [0.3, 0.4) is 0 Å². The summed E-state index contributed by atoms with van der Waals surface area (Å²) in [6.07, 6.45) is 2.73. The monoisotopic (exact) mass is 211 g/mol. The van der Waals surface area contributed by atoms with Gasteiger partial charge >= 0.3 is 0 Å². The Kier molecular flexibility index (Phi) is 5.28. The highest BCUT2D eigenvalue weighted by atomic mass is 15.3. The highest BCUT2D eigenvalue weighted by Gasteiger charge is 2.06. The van der Waals surface area contributed by atoms with Gasteiger partial charge in [0.2, 0.25) is 0 Å². The van der Waals surface area contributed by atoms with Crippen molar-refractivity contribution in [2.24, 2.45) is 0 Å². The largest absolute Gasteiger partial charge is 0.318 e. The Balaban J connectivity index is 2.44. The van der Waals surface area contributed by atoms with Crippen LogP contribution in [0.15, 0.2) is 6.33 Å². The molecule has 0 saturated heterocycles. The lowest BCUT2D eigenvalue weighted by Gasteiger charge is -2.15. The van der Waals surface area contributed by atoms with Crippen LogP contribution in [0.4, 0.5) is 0 Å². The second-order valence-corrected chi connectivity index (χ2v) is 3.74. The summed E-state index contributed by atoms with van der Waals surface area (Å²) in [6, 6.07) is 0. The van der Waals surface area contributed by atoms with Gasteiger partial charge in [0.1, 0.15) is 12.2 Å². The van der Waals surface area contributed by atoms with Crippen LogP contribution >= 0.6 is 0 Å². The molecule has 86 valence electrons. The Labute approximate surface area is 91.5 Å². The van der Waals surface area contributed by atoms with Gasteiger partial charge in [0.15, 0.2) is 0 Å². The lowest BCUT2D eigenvalue weighted by molar-refractivity contribution is 0.311. The number of rotatable bonds is 7. The van der Waals surface area contributed by atoms with E-state index in [4.69, 9.17) is 0 Å². The minimum absolute atomic E-state index is 0.863. The molecular formula is C10H21N5. The molecule has 5 nitrogen and oxygen atoms in total. The van der Waals surface area contributed by atoms with Crippen LogP contribution in [0.25, 0.3) is 0 Å². The fraction of sp³-hybridized carbons (Fsp3) is 0.800. The van der Waals surface area contributed by atoms with Gasteiger partial charge in [0.05, 0.1) is 6.54 Å². The minimum atomic E-state index is 0.863. The minimum Gasteiger partial charge on any atom is -0.318 e. The van der Waals surface area contributed by atoms with E-state index in [1.165, 1.54) is 0 Å². The standard InChI is InChI=1S/C10H21N5/c1-4-6-15-10(12-9-13-15)8-14(3)7-5-11-2/h9,11H,4-8H2,1-3H3. The maximum atomic E-state index is 4.27. The second kappa shape index (κ2) is 6.53. The van der Waals surface area contributed by atoms with Gasteiger partial charge in [0.25, 0.3) is 0 Å². The van der Waals surface area contributed by atoms with Crippen molar-refractivity contribution >= 4 is 0 Å². The van der Waals surface area contributed by atoms with E-state index in [2.05, 4.69) is 34.3 Å². The first-order valence-corrected chi connectivity index (χ1v) is 5.47. The summed E-state index contributed by atoms with van der Waals surface area (Å²) in [5, 5.41) is 7.34. The number of nitrogens with one attached hydrogen (secondary N) is 1. The molecule has 0 unspecified atom stereocenters.